The Morgan fingerprint density at radius 3 is 2.06 bits per heavy atom. The number of carbonyl (C=O) groups excluding carboxylic acids is 4. The van der Waals surface area contributed by atoms with Crippen LogP contribution in [-0.2, 0) is 32.0 Å². The third kappa shape index (κ3) is 13.7. The van der Waals surface area contributed by atoms with Gasteiger partial charge in [0.1, 0.15) is 18.1 Å². The van der Waals surface area contributed by atoms with Crippen molar-refractivity contribution in [3.05, 3.63) is 71.8 Å². The van der Waals surface area contributed by atoms with Gasteiger partial charge in [-0.3, -0.25) is 19.2 Å². The van der Waals surface area contributed by atoms with Crippen molar-refractivity contribution in [2.24, 2.45) is 11.7 Å². The molecule has 6 N–H and O–H groups in total. The zero-order chi connectivity index (χ0) is 34.0. The second kappa shape index (κ2) is 20.7. The van der Waals surface area contributed by atoms with E-state index >= 15 is 0 Å². The number of thioether (sulfide) groups is 1. The fraction of sp³-hybridized carbons (Fsp3) is 0.556. The van der Waals surface area contributed by atoms with E-state index in [4.69, 9.17) is 5.73 Å². The molecular formula is C36H54N6O4S. The first-order chi connectivity index (χ1) is 22.7. The molecule has 0 aromatic heterocycles. The lowest BCUT2D eigenvalue weighted by atomic mass is 9.99. The van der Waals surface area contributed by atoms with Gasteiger partial charge in [-0.05, 0) is 81.3 Å². The summed E-state index contributed by atoms with van der Waals surface area (Å²) in [5.41, 5.74) is 8.23. The van der Waals surface area contributed by atoms with Gasteiger partial charge < -0.3 is 31.9 Å². The van der Waals surface area contributed by atoms with Gasteiger partial charge in [-0.1, -0.05) is 74.5 Å². The summed E-state index contributed by atoms with van der Waals surface area (Å²) in [7, 11) is 1.86. The van der Waals surface area contributed by atoms with Gasteiger partial charge in [0.2, 0.25) is 23.6 Å². The molecule has 4 amide bonds. The van der Waals surface area contributed by atoms with E-state index in [-0.39, 0.29) is 11.8 Å². The second-order valence-corrected chi connectivity index (χ2v) is 13.9. The van der Waals surface area contributed by atoms with Crippen molar-refractivity contribution in [1.82, 2.24) is 26.2 Å². The average molecular weight is 667 g/mol. The first kappa shape index (κ1) is 38.0. The molecule has 10 nitrogen and oxygen atoms in total. The molecule has 1 saturated heterocycles. The van der Waals surface area contributed by atoms with E-state index in [0.717, 1.165) is 35.6 Å². The standard InChI is InChI=1S/C36H54N6O4S/c1-26(2)24-32(35(45)40-31(16-10-19-38-3)36(46)42-20-11-22-47-23-21-42)41-34(44)30(18-17-27-12-6-4-7-13-27)39-33(43)29(37)25-28-14-8-5-9-15-28/h4-9,12-15,26,29-32,38H,10-11,16-25,37H2,1-3H3,(H,39,43)(H,40,45)(H,41,44)/t29-,30-,31-,32-/m1/s1. The van der Waals surface area contributed by atoms with Gasteiger partial charge in [-0.25, -0.2) is 0 Å². The fourth-order valence-electron chi connectivity index (χ4n) is 5.64. The Kier molecular flexibility index (Phi) is 16.8. The van der Waals surface area contributed by atoms with Crippen molar-refractivity contribution in [2.45, 2.75) is 83.0 Å². The molecule has 0 spiro atoms. The zero-order valence-electron chi connectivity index (χ0n) is 28.2. The highest BCUT2D eigenvalue weighted by atomic mass is 32.2. The first-order valence-electron chi connectivity index (χ1n) is 16.9. The quantitative estimate of drug-likeness (QED) is 0.154. The molecule has 11 heteroatoms. The lowest BCUT2D eigenvalue weighted by molar-refractivity contribution is -0.138. The number of nitrogens with one attached hydrogen (secondary N) is 4. The van der Waals surface area contributed by atoms with Crippen LogP contribution in [-0.4, -0.2) is 90.9 Å². The molecular weight excluding hydrogens is 613 g/mol. The van der Waals surface area contributed by atoms with Gasteiger partial charge in [0.05, 0.1) is 6.04 Å². The normalized spacial score (nSPS) is 16.0. The highest BCUT2D eigenvalue weighted by Gasteiger charge is 2.32. The number of aryl methyl sites for hydroxylation is 1. The van der Waals surface area contributed by atoms with E-state index in [0.29, 0.717) is 51.6 Å². The lowest BCUT2D eigenvalue weighted by Gasteiger charge is -2.29. The van der Waals surface area contributed by atoms with Gasteiger partial charge in [0.15, 0.2) is 0 Å². The smallest absolute Gasteiger partial charge is 0.245 e. The van der Waals surface area contributed by atoms with Crippen molar-refractivity contribution in [1.29, 1.82) is 0 Å². The van der Waals surface area contributed by atoms with Gasteiger partial charge >= 0.3 is 0 Å². The number of hydrogen-bond donors (Lipinski definition) is 5. The molecule has 1 fully saturated rings. The van der Waals surface area contributed by atoms with Crippen LogP contribution in [0, 0.1) is 5.92 Å². The van der Waals surface area contributed by atoms with Crippen molar-refractivity contribution in [3.63, 3.8) is 0 Å². The largest absolute Gasteiger partial charge is 0.343 e. The van der Waals surface area contributed by atoms with Gasteiger partial charge in [-0.2, -0.15) is 11.8 Å². The predicted molar refractivity (Wildman–Crippen MR) is 190 cm³/mol. The summed E-state index contributed by atoms with van der Waals surface area (Å²) in [6, 6.07) is 15.9. The number of nitrogens with two attached hydrogens (primary N) is 1. The Hall–Kier alpha value is -3.41. The Morgan fingerprint density at radius 1 is 0.787 bits per heavy atom. The molecule has 4 atom stereocenters. The van der Waals surface area contributed by atoms with Crippen LogP contribution in [0.15, 0.2) is 60.7 Å². The Labute approximate surface area is 284 Å². The first-order valence-corrected chi connectivity index (χ1v) is 18.1. The van der Waals surface area contributed by atoms with E-state index in [1.54, 1.807) is 0 Å². The maximum absolute atomic E-state index is 13.9. The third-order valence-electron chi connectivity index (χ3n) is 8.24. The Balaban J connectivity index is 1.75. The summed E-state index contributed by atoms with van der Waals surface area (Å²) >= 11 is 1.84. The van der Waals surface area contributed by atoms with Crippen LogP contribution < -0.4 is 27.0 Å². The monoisotopic (exact) mass is 666 g/mol. The third-order valence-corrected chi connectivity index (χ3v) is 9.29. The molecule has 1 aliphatic rings. The number of nitrogens with zero attached hydrogens (tertiary/aromatic N) is 1. The van der Waals surface area contributed by atoms with Gasteiger partial charge in [0, 0.05) is 18.8 Å². The minimum Gasteiger partial charge on any atom is -0.343 e. The fourth-order valence-corrected chi connectivity index (χ4v) is 6.53. The summed E-state index contributed by atoms with van der Waals surface area (Å²) in [6.07, 6.45) is 3.71. The highest BCUT2D eigenvalue weighted by molar-refractivity contribution is 7.99. The van der Waals surface area contributed by atoms with Crippen LogP contribution in [0.5, 0.6) is 0 Å². The van der Waals surface area contributed by atoms with Crippen LogP contribution >= 0.6 is 11.8 Å². The Bertz CT molecular complexity index is 1240. The molecule has 3 rings (SSSR count). The molecule has 0 saturated carbocycles. The van der Waals surface area contributed by atoms with Crippen LogP contribution in [0.3, 0.4) is 0 Å². The number of rotatable bonds is 18. The molecule has 47 heavy (non-hydrogen) atoms. The summed E-state index contributed by atoms with van der Waals surface area (Å²) in [5, 5.41) is 11.9. The molecule has 0 radical (unpaired) electrons. The number of carbonyl (C=O) groups is 4. The van der Waals surface area contributed by atoms with E-state index in [9.17, 15) is 19.2 Å². The molecule has 0 aliphatic carbocycles. The van der Waals surface area contributed by atoms with Crippen molar-refractivity contribution < 1.29 is 19.2 Å². The summed E-state index contributed by atoms with van der Waals surface area (Å²) in [5.74, 6) is 0.619. The highest BCUT2D eigenvalue weighted by Crippen LogP contribution is 2.14. The Morgan fingerprint density at radius 2 is 1.40 bits per heavy atom. The zero-order valence-corrected chi connectivity index (χ0v) is 29.0. The van der Waals surface area contributed by atoms with E-state index in [2.05, 4.69) is 21.3 Å². The van der Waals surface area contributed by atoms with Crippen LogP contribution in [0.25, 0.3) is 0 Å². The maximum atomic E-state index is 13.9. The molecule has 2 aromatic carbocycles. The van der Waals surface area contributed by atoms with Gasteiger partial charge in [0.25, 0.3) is 0 Å². The summed E-state index contributed by atoms with van der Waals surface area (Å²) in [4.78, 5) is 56.4. The molecule has 0 unspecified atom stereocenters. The van der Waals surface area contributed by atoms with Gasteiger partial charge in [-0.15, -0.1) is 0 Å². The lowest BCUT2D eigenvalue weighted by Crippen LogP contribution is -2.58. The maximum Gasteiger partial charge on any atom is 0.245 e. The van der Waals surface area contributed by atoms with Crippen LogP contribution in [0.4, 0.5) is 0 Å². The minimum atomic E-state index is -0.908. The number of amides is 4. The SMILES string of the molecule is CNCCC[C@@H](NC(=O)[C@@H](CC(C)C)NC(=O)[C@@H](CCc1ccccc1)NC(=O)[C@H](N)Cc1ccccc1)C(=O)N1CCCSCC1. The van der Waals surface area contributed by atoms with E-state index in [1.807, 2.05) is 98.2 Å². The molecule has 1 aliphatic heterocycles. The van der Waals surface area contributed by atoms with Crippen molar-refractivity contribution in [2.75, 3.05) is 38.2 Å². The van der Waals surface area contributed by atoms with Crippen LogP contribution in [0.2, 0.25) is 0 Å². The van der Waals surface area contributed by atoms with Crippen LogP contribution in [0.1, 0.15) is 57.1 Å². The number of benzene rings is 2. The topological polar surface area (TPSA) is 146 Å². The molecule has 2 aromatic rings. The van der Waals surface area contributed by atoms with Crippen molar-refractivity contribution in [3.8, 4) is 0 Å². The van der Waals surface area contributed by atoms with Crippen molar-refractivity contribution >= 4 is 35.4 Å². The minimum absolute atomic E-state index is 0.0769. The molecule has 1 heterocycles. The predicted octanol–water partition coefficient (Wildman–Crippen LogP) is 2.65. The summed E-state index contributed by atoms with van der Waals surface area (Å²) < 4.78 is 0. The molecule has 258 valence electrons. The molecule has 0 bridgehead atoms. The average Bonchev–Trinajstić information content (AvgIpc) is 3.36. The number of hydrogen-bond acceptors (Lipinski definition) is 7. The van der Waals surface area contributed by atoms with E-state index in [1.165, 1.54) is 0 Å². The van der Waals surface area contributed by atoms with E-state index < -0.39 is 41.9 Å². The summed E-state index contributed by atoms with van der Waals surface area (Å²) in [6.45, 7) is 6.01. The second-order valence-electron chi connectivity index (χ2n) is 12.7.